The summed E-state index contributed by atoms with van der Waals surface area (Å²) in [5, 5.41) is 4.39. The lowest BCUT2D eigenvalue weighted by Gasteiger charge is -2.11. The first-order chi connectivity index (χ1) is 14.2. The van der Waals surface area contributed by atoms with E-state index in [2.05, 4.69) is 15.1 Å². The predicted molar refractivity (Wildman–Crippen MR) is 113 cm³/mol. The van der Waals surface area contributed by atoms with Crippen molar-refractivity contribution in [2.24, 2.45) is 0 Å². The molecule has 9 nitrogen and oxygen atoms in total. The Hall–Kier alpha value is -3.24. The van der Waals surface area contributed by atoms with Crippen LogP contribution in [-0.4, -0.2) is 34.4 Å². The van der Waals surface area contributed by atoms with Gasteiger partial charge in [-0.15, -0.1) is 5.10 Å². The topological polar surface area (TPSA) is 124 Å². The molecule has 0 unspecified atom stereocenters. The maximum Gasteiger partial charge on any atom is 0.307 e. The van der Waals surface area contributed by atoms with Crippen LogP contribution in [0.2, 0.25) is 5.02 Å². The number of aromatic amines is 1. The summed E-state index contributed by atoms with van der Waals surface area (Å²) in [5.41, 5.74) is -0.323. The molecule has 3 heterocycles. The van der Waals surface area contributed by atoms with Crippen LogP contribution in [0, 0.1) is 0 Å². The molecule has 0 fully saturated rings. The Morgan fingerprint density at radius 3 is 2.70 bits per heavy atom. The Bertz CT molecular complexity index is 1500. The third-order valence-corrected chi connectivity index (χ3v) is 5.07. The highest BCUT2D eigenvalue weighted by atomic mass is 35.5. The number of hydrogen-bond acceptors (Lipinski definition) is 7. The molecule has 1 aromatic carbocycles. The third kappa shape index (κ3) is 3.91. The van der Waals surface area contributed by atoms with Crippen LogP contribution in [0.25, 0.3) is 21.8 Å². The number of H-pyrrole nitrogens is 1. The van der Waals surface area contributed by atoms with Gasteiger partial charge in [-0.05, 0) is 30.3 Å². The van der Waals surface area contributed by atoms with Gasteiger partial charge in [0.2, 0.25) is 5.43 Å². The number of fused-ring (bicyclic) bond motifs is 2. The average Bonchev–Trinajstić information content (AvgIpc) is 2.68. The first-order valence-corrected chi connectivity index (χ1v) is 11.0. The van der Waals surface area contributed by atoms with E-state index in [1.807, 2.05) is 0 Å². The molecular weight excluding hydrogens is 432 g/mol. The number of pyridine rings is 2. The van der Waals surface area contributed by atoms with Crippen LogP contribution in [0.4, 0.5) is 0 Å². The number of nitrogens with zero attached hydrogens (tertiary/aromatic N) is 3. The number of benzene rings is 1. The first kappa shape index (κ1) is 20.0. The minimum atomic E-state index is -3.98. The molecule has 0 aliphatic rings. The van der Waals surface area contributed by atoms with Crippen LogP contribution in [-0.2, 0) is 23.1 Å². The van der Waals surface area contributed by atoms with Crippen LogP contribution in [0.5, 0.6) is 5.88 Å². The maximum absolute atomic E-state index is 13.0. The predicted octanol–water partition coefficient (Wildman–Crippen LogP) is 1.87. The van der Waals surface area contributed by atoms with E-state index in [4.69, 9.17) is 15.8 Å². The van der Waals surface area contributed by atoms with Gasteiger partial charge >= 0.3 is 10.1 Å². The Kier molecular flexibility index (Phi) is 5.04. The molecule has 0 saturated carbocycles. The highest BCUT2D eigenvalue weighted by Crippen LogP contribution is 2.22. The van der Waals surface area contributed by atoms with Gasteiger partial charge in [0.1, 0.15) is 10.9 Å². The summed E-state index contributed by atoms with van der Waals surface area (Å²) in [6.07, 6.45) is 2.81. The second-order valence-corrected chi connectivity index (χ2v) is 8.60. The number of aryl methyl sites for hydroxylation is 2. The lowest BCUT2D eigenvalue weighted by atomic mass is 10.1. The molecule has 3 aromatic heterocycles. The Labute approximate surface area is 175 Å². The maximum atomic E-state index is 13.0. The molecule has 0 aliphatic carbocycles. The summed E-state index contributed by atoms with van der Waals surface area (Å²) < 4.78 is 29.5. The quantitative estimate of drug-likeness (QED) is 0.366. The van der Waals surface area contributed by atoms with Crippen molar-refractivity contribution in [1.29, 1.82) is 0 Å². The van der Waals surface area contributed by atoms with Crippen LogP contribution in [0.3, 0.4) is 0 Å². The standard InChI is InChI=1S/C19H15ClN4O5S/c1-30(27,28)29-18-16-15(17(25)13-6-5-11(20)10-14(13)22-16)19(26)24(23-18)9-7-12-4-2-3-8-21-12/h2-6,8,10H,7,9H2,1H3,(H,22,25). The van der Waals surface area contributed by atoms with Gasteiger partial charge in [-0.2, -0.15) is 8.42 Å². The zero-order valence-electron chi connectivity index (χ0n) is 15.6. The molecule has 0 saturated heterocycles. The van der Waals surface area contributed by atoms with Crippen LogP contribution < -0.4 is 15.2 Å². The van der Waals surface area contributed by atoms with Crippen LogP contribution in [0.15, 0.2) is 52.2 Å². The molecule has 1 N–H and O–H groups in total. The van der Waals surface area contributed by atoms with Gasteiger partial charge in [0.05, 0.1) is 18.3 Å². The summed E-state index contributed by atoms with van der Waals surface area (Å²) in [6.45, 7) is 0.0734. The van der Waals surface area contributed by atoms with Crippen molar-refractivity contribution in [3.05, 3.63) is 73.9 Å². The molecule has 4 aromatic rings. The van der Waals surface area contributed by atoms with Crippen molar-refractivity contribution >= 4 is 43.5 Å². The summed E-state index contributed by atoms with van der Waals surface area (Å²) in [6, 6.07) is 9.86. The van der Waals surface area contributed by atoms with Crippen molar-refractivity contribution in [1.82, 2.24) is 19.7 Å². The molecular formula is C19H15ClN4O5S. The average molecular weight is 447 g/mol. The summed E-state index contributed by atoms with van der Waals surface area (Å²) >= 11 is 5.99. The van der Waals surface area contributed by atoms with Crippen LogP contribution in [0.1, 0.15) is 5.69 Å². The molecule has 11 heteroatoms. The van der Waals surface area contributed by atoms with Gasteiger partial charge in [0.25, 0.3) is 11.4 Å². The second-order valence-electron chi connectivity index (χ2n) is 6.59. The molecule has 4 rings (SSSR count). The van der Waals surface area contributed by atoms with Gasteiger partial charge in [0.15, 0.2) is 0 Å². The summed E-state index contributed by atoms with van der Waals surface area (Å²) in [5.74, 6) is -0.396. The number of nitrogens with one attached hydrogen (secondary N) is 1. The fourth-order valence-electron chi connectivity index (χ4n) is 3.08. The SMILES string of the molecule is CS(=O)(=O)Oc1nn(CCc2ccccn2)c(=O)c2c(=O)c3ccc(Cl)cc3[nH]c12. The molecule has 154 valence electrons. The minimum absolute atomic E-state index is 0.0734. The van der Waals surface area contributed by atoms with Crippen molar-refractivity contribution in [3.8, 4) is 5.88 Å². The lowest BCUT2D eigenvalue weighted by molar-refractivity contribution is 0.461. The molecule has 0 spiro atoms. The van der Waals surface area contributed by atoms with Crippen molar-refractivity contribution < 1.29 is 12.6 Å². The molecule has 0 amide bonds. The molecule has 0 atom stereocenters. The van der Waals surface area contributed by atoms with Gasteiger partial charge < -0.3 is 9.17 Å². The molecule has 0 radical (unpaired) electrons. The van der Waals surface area contributed by atoms with E-state index in [1.165, 1.54) is 18.2 Å². The lowest BCUT2D eigenvalue weighted by Crippen LogP contribution is -2.29. The van der Waals surface area contributed by atoms with E-state index in [9.17, 15) is 18.0 Å². The highest BCUT2D eigenvalue weighted by molar-refractivity contribution is 7.86. The van der Waals surface area contributed by atoms with Crippen molar-refractivity contribution in [2.75, 3.05) is 6.26 Å². The van der Waals surface area contributed by atoms with Gasteiger partial charge in [-0.25, -0.2) is 4.68 Å². The smallest absolute Gasteiger partial charge is 0.307 e. The highest BCUT2D eigenvalue weighted by Gasteiger charge is 2.20. The Morgan fingerprint density at radius 1 is 1.20 bits per heavy atom. The Morgan fingerprint density at radius 2 is 2.00 bits per heavy atom. The largest absolute Gasteiger partial charge is 0.358 e. The van der Waals surface area contributed by atoms with E-state index in [-0.39, 0.29) is 22.8 Å². The van der Waals surface area contributed by atoms with Crippen molar-refractivity contribution in [3.63, 3.8) is 0 Å². The summed E-state index contributed by atoms with van der Waals surface area (Å²) in [4.78, 5) is 33.1. The number of hydrogen-bond donors (Lipinski definition) is 1. The molecule has 0 aliphatic heterocycles. The van der Waals surface area contributed by atoms with Gasteiger partial charge in [-0.1, -0.05) is 17.7 Å². The number of aromatic nitrogens is 4. The van der Waals surface area contributed by atoms with Crippen LogP contribution >= 0.6 is 11.6 Å². The third-order valence-electron chi connectivity index (χ3n) is 4.37. The molecule has 0 bridgehead atoms. The number of halogens is 1. The van der Waals surface area contributed by atoms with E-state index in [0.717, 1.165) is 10.9 Å². The monoisotopic (exact) mass is 446 g/mol. The normalized spacial score (nSPS) is 11.8. The van der Waals surface area contributed by atoms with Gasteiger partial charge in [-0.3, -0.25) is 14.6 Å². The van der Waals surface area contributed by atoms with E-state index in [0.29, 0.717) is 22.7 Å². The summed E-state index contributed by atoms with van der Waals surface area (Å²) in [7, 11) is -3.98. The minimum Gasteiger partial charge on any atom is -0.358 e. The van der Waals surface area contributed by atoms with E-state index < -0.39 is 27.0 Å². The fraction of sp³-hybridized carbons (Fsp3) is 0.158. The Balaban J connectivity index is 1.97. The molecule has 30 heavy (non-hydrogen) atoms. The zero-order chi connectivity index (χ0) is 21.5. The zero-order valence-corrected chi connectivity index (χ0v) is 17.2. The second kappa shape index (κ2) is 7.54. The van der Waals surface area contributed by atoms with Gasteiger partial charge in [0, 0.05) is 28.7 Å². The van der Waals surface area contributed by atoms with E-state index >= 15 is 0 Å². The van der Waals surface area contributed by atoms with E-state index in [1.54, 1.807) is 24.4 Å². The fourth-order valence-corrected chi connectivity index (χ4v) is 3.66. The first-order valence-electron chi connectivity index (χ1n) is 8.79. The number of rotatable bonds is 5. The van der Waals surface area contributed by atoms with Crippen molar-refractivity contribution in [2.45, 2.75) is 13.0 Å².